The summed E-state index contributed by atoms with van der Waals surface area (Å²) in [5.74, 6) is 0.455. The molecule has 0 fully saturated rings. The summed E-state index contributed by atoms with van der Waals surface area (Å²) in [4.78, 5) is 0.294. The van der Waals surface area contributed by atoms with Gasteiger partial charge in [0.2, 0.25) is 10.0 Å². The first-order chi connectivity index (χ1) is 7.06. The second kappa shape index (κ2) is 5.49. The molecule has 0 amide bonds. The van der Waals surface area contributed by atoms with Crippen LogP contribution in [0, 0.1) is 6.92 Å². The van der Waals surface area contributed by atoms with Crippen LogP contribution in [0.5, 0.6) is 0 Å². The van der Waals surface area contributed by atoms with Crippen LogP contribution in [0.25, 0.3) is 0 Å². The van der Waals surface area contributed by atoms with Gasteiger partial charge < -0.3 is 0 Å². The van der Waals surface area contributed by atoms with Crippen LogP contribution in [0.4, 0.5) is 0 Å². The third-order valence-electron chi connectivity index (χ3n) is 1.93. The van der Waals surface area contributed by atoms with Crippen LogP contribution in [-0.4, -0.2) is 20.8 Å². The quantitative estimate of drug-likeness (QED) is 0.638. The molecule has 1 N–H and O–H groups in total. The molecule has 1 aromatic rings. The zero-order valence-corrected chi connectivity index (χ0v) is 10.1. The fraction of sp³-hybridized carbons (Fsp3) is 0.400. The second-order valence-corrected chi connectivity index (χ2v) is 5.40. The van der Waals surface area contributed by atoms with Crippen LogP contribution in [0.2, 0.25) is 0 Å². The Hall–Kier alpha value is -0.580. The minimum Gasteiger partial charge on any atom is -0.211 e. The topological polar surface area (TPSA) is 46.2 Å². The second-order valence-electron chi connectivity index (χ2n) is 3.25. The van der Waals surface area contributed by atoms with Crippen LogP contribution in [0.15, 0.2) is 29.2 Å². The van der Waals surface area contributed by atoms with Crippen molar-refractivity contribution >= 4 is 21.6 Å². The third-order valence-corrected chi connectivity index (χ3v) is 3.68. The van der Waals surface area contributed by atoms with Crippen LogP contribution >= 0.6 is 11.6 Å². The summed E-state index contributed by atoms with van der Waals surface area (Å²) in [6.07, 6.45) is 0.632. The molecule has 15 heavy (non-hydrogen) atoms. The predicted molar refractivity (Wildman–Crippen MR) is 61.7 cm³/mol. The molecular formula is C10H14ClNO2S. The van der Waals surface area contributed by atoms with E-state index in [0.717, 1.165) is 5.56 Å². The number of nitrogens with one attached hydrogen (secondary N) is 1. The Morgan fingerprint density at radius 2 is 1.87 bits per heavy atom. The van der Waals surface area contributed by atoms with E-state index in [1.54, 1.807) is 24.3 Å². The molecule has 0 saturated heterocycles. The van der Waals surface area contributed by atoms with E-state index in [4.69, 9.17) is 11.6 Å². The molecule has 0 radical (unpaired) electrons. The lowest BCUT2D eigenvalue weighted by atomic mass is 10.2. The SMILES string of the molecule is Cc1ccc(S(=O)(=O)NCCCCl)cc1. The van der Waals surface area contributed by atoms with Crippen LogP contribution < -0.4 is 4.72 Å². The number of benzene rings is 1. The Labute approximate surface area is 95.5 Å². The van der Waals surface area contributed by atoms with E-state index >= 15 is 0 Å². The van der Waals surface area contributed by atoms with Crippen molar-refractivity contribution in [3.8, 4) is 0 Å². The van der Waals surface area contributed by atoms with Crippen LogP contribution in [-0.2, 0) is 10.0 Å². The van der Waals surface area contributed by atoms with Crippen molar-refractivity contribution in [2.75, 3.05) is 12.4 Å². The molecule has 0 spiro atoms. The molecule has 0 saturated carbocycles. The summed E-state index contributed by atoms with van der Waals surface area (Å²) in [6, 6.07) is 6.74. The largest absolute Gasteiger partial charge is 0.240 e. The van der Waals surface area contributed by atoms with E-state index in [1.165, 1.54) is 0 Å². The van der Waals surface area contributed by atoms with Crippen LogP contribution in [0.3, 0.4) is 0 Å². The first kappa shape index (κ1) is 12.5. The van der Waals surface area contributed by atoms with Gasteiger partial charge in [-0.2, -0.15) is 0 Å². The summed E-state index contributed by atoms with van der Waals surface area (Å²) in [6.45, 7) is 2.29. The fourth-order valence-electron chi connectivity index (χ4n) is 1.07. The van der Waals surface area contributed by atoms with Gasteiger partial charge >= 0.3 is 0 Å². The van der Waals surface area contributed by atoms with Crippen molar-refractivity contribution in [3.05, 3.63) is 29.8 Å². The normalized spacial score (nSPS) is 11.6. The van der Waals surface area contributed by atoms with E-state index in [0.29, 0.717) is 23.7 Å². The van der Waals surface area contributed by atoms with Gasteiger partial charge in [-0.25, -0.2) is 13.1 Å². The Morgan fingerprint density at radius 3 is 2.40 bits per heavy atom. The molecule has 84 valence electrons. The molecule has 0 atom stereocenters. The standard InChI is InChI=1S/C10H14ClNO2S/c1-9-3-5-10(6-4-9)15(13,14)12-8-2-7-11/h3-6,12H,2,7-8H2,1H3. The van der Waals surface area contributed by atoms with Gasteiger partial charge in [-0.05, 0) is 25.5 Å². The number of hydrogen-bond acceptors (Lipinski definition) is 2. The summed E-state index contributed by atoms with van der Waals surface area (Å²) in [5.41, 5.74) is 1.04. The van der Waals surface area contributed by atoms with Crippen molar-refractivity contribution < 1.29 is 8.42 Å². The summed E-state index contributed by atoms with van der Waals surface area (Å²) in [7, 11) is -3.36. The van der Waals surface area contributed by atoms with Crippen molar-refractivity contribution in [1.82, 2.24) is 4.72 Å². The van der Waals surface area contributed by atoms with Gasteiger partial charge in [-0.3, -0.25) is 0 Å². The third kappa shape index (κ3) is 3.81. The minimum absolute atomic E-state index is 0.294. The van der Waals surface area contributed by atoms with Gasteiger partial charge in [-0.1, -0.05) is 17.7 Å². The molecule has 0 aromatic heterocycles. The van der Waals surface area contributed by atoms with E-state index in [-0.39, 0.29) is 0 Å². The number of rotatable bonds is 5. The molecule has 3 nitrogen and oxygen atoms in total. The number of hydrogen-bond donors (Lipinski definition) is 1. The molecular weight excluding hydrogens is 234 g/mol. The van der Waals surface area contributed by atoms with Gasteiger partial charge in [0.15, 0.2) is 0 Å². The smallest absolute Gasteiger partial charge is 0.211 e. The molecule has 0 aliphatic carbocycles. The first-order valence-electron chi connectivity index (χ1n) is 4.68. The number of halogens is 1. The highest BCUT2D eigenvalue weighted by atomic mass is 35.5. The van der Waals surface area contributed by atoms with E-state index in [9.17, 15) is 8.42 Å². The zero-order valence-electron chi connectivity index (χ0n) is 8.53. The van der Waals surface area contributed by atoms with Crippen molar-refractivity contribution in [1.29, 1.82) is 0 Å². The average Bonchev–Trinajstić information content (AvgIpc) is 2.18. The molecule has 1 rings (SSSR count). The molecule has 0 unspecified atom stereocenters. The summed E-state index contributed by atoms with van der Waals surface area (Å²) >= 11 is 5.46. The van der Waals surface area contributed by atoms with Gasteiger partial charge in [0.1, 0.15) is 0 Å². The van der Waals surface area contributed by atoms with Gasteiger partial charge in [-0.15, -0.1) is 11.6 Å². The lowest BCUT2D eigenvalue weighted by molar-refractivity contribution is 0.581. The summed E-state index contributed by atoms with van der Waals surface area (Å²) < 4.78 is 25.8. The maximum Gasteiger partial charge on any atom is 0.240 e. The lowest BCUT2D eigenvalue weighted by Gasteiger charge is -2.05. The Morgan fingerprint density at radius 1 is 1.27 bits per heavy atom. The molecule has 0 heterocycles. The Bertz CT molecular complexity index is 400. The lowest BCUT2D eigenvalue weighted by Crippen LogP contribution is -2.24. The van der Waals surface area contributed by atoms with Gasteiger partial charge in [0, 0.05) is 12.4 Å². The van der Waals surface area contributed by atoms with E-state index in [1.807, 2.05) is 6.92 Å². The van der Waals surface area contributed by atoms with Crippen molar-refractivity contribution in [2.45, 2.75) is 18.2 Å². The monoisotopic (exact) mass is 247 g/mol. The summed E-state index contributed by atoms with van der Waals surface area (Å²) in [5, 5.41) is 0. The van der Waals surface area contributed by atoms with Crippen LogP contribution in [0.1, 0.15) is 12.0 Å². The number of sulfonamides is 1. The Kier molecular flexibility index (Phi) is 4.57. The molecule has 5 heteroatoms. The van der Waals surface area contributed by atoms with Crippen molar-refractivity contribution in [2.24, 2.45) is 0 Å². The molecule has 0 aliphatic rings. The minimum atomic E-state index is -3.36. The maximum absolute atomic E-state index is 11.7. The predicted octanol–water partition coefficient (Wildman–Crippen LogP) is 1.90. The first-order valence-corrected chi connectivity index (χ1v) is 6.70. The fourth-order valence-corrected chi connectivity index (χ4v) is 2.28. The molecule has 0 aliphatic heterocycles. The highest BCUT2D eigenvalue weighted by Crippen LogP contribution is 2.09. The zero-order chi connectivity index (χ0) is 11.3. The maximum atomic E-state index is 11.7. The highest BCUT2D eigenvalue weighted by molar-refractivity contribution is 7.89. The van der Waals surface area contributed by atoms with E-state index < -0.39 is 10.0 Å². The van der Waals surface area contributed by atoms with Gasteiger partial charge in [0.05, 0.1) is 4.90 Å². The number of aryl methyl sites for hydroxylation is 1. The van der Waals surface area contributed by atoms with Gasteiger partial charge in [0.25, 0.3) is 0 Å². The molecule has 1 aromatic carbocycles. The van der Waals surface area contributed by atoms with Crippen molar-refractivity contribution in [3.63, 3.8) is 0 Å². The average molecular weight is 248 g/mol. The molecule has 0 bridgehead atoms. The highest BCUT2D eigenvalue weighted by Gasteiger charge is 2.11. The Balaban J connectivity index is 2.73. The van der Waals surface area contributed by atoms with E-state index in [2.05, 4.69) is 4.72 Å². The number of alkyl halides is 1.